The van der Waals surface area contributed by atoms with Gasteiger partial charge in [-0.3, -0.25) is 0 Å². The normalized spacial score (nSPS) is 26.2. The number of amides is 2. The number of urea groups is 1. The van der Waals surface area contributed by atoms with E-state index >= 15 is 0 Å². The number of aliphatic carboxylic acids is 1. The molecule has 0 aliphatic carbocycles. The zero-order valence-electron chi connectivity index (χ0n) is 10.8. The van der Waals surface area contributed by atoms with Crippen molar-refractivity contribution in [1.82, 2.24) is 14.7 Å². The molecule has 6 nitrogen and oxygen atoms in total. The molecule has 2 heterocycles. The molecule has 0 radical (unpaired) electrons. The summed E-state index contributed by atoms with van der Waals surface area (Å²) in [5.41, 5.74) is 0. The molecule has 2 saturated heterocycles. The van der Waals surface area contributed by atoms with E-state index in [2.05, 4.69) is 4.90 Å². The van der Waals surface area contributed by atoms with Crippen LogP contribution in [0.25, 0.3) is 0 Å². The van der Waals surface area contributed by atoms with Gasteiger partial charge in [-0.1, -0.05) is 0 Å². The maximum atomic E-state index is 12.3. The molecule has 0 spiro atoms. The third kappa shape index (κ3) is 2.75. The van der Waals surface area contributed by atoms with E-state index in [1.165, 1.54) is 4.90 Å². The summed E-state index contributed by atoms with van der Waals surface area (Å²) < 4.78 is 0. The van der Waals surface area contributed by atoms with E-state index in [1.54, 1.807) is 4.90 Å². The predicted molar refractivity (Wildman–Crippen MR) is 66.4 cm³/mol. The molecule has 2 aliphatic rings. The molecule has 1 atom stereocenters. The molecule has 0 bridgehead atoms. The predicted octanol–water partition coefficient (Wildman–Crippen LogP) is 0.293. The molecule has 0 aromatic carbocycles. The van der Waals surface area contributed by atoms with Gasteiger partial charge in [0.1, 0.15) is 6.04 Å². The lowest BCUT2D eigenvalue weighted by Gasteiger charge is -2.29. The molecular weight excluding hydrogens is 234 g/mol. The Kier molecular flexibility index (Phi) is 4.06. The third-order valence-electron chi connectivity index (χ3n) is 3.77. The van der Waals surface area contributed by atoms with E-state index in [0.717, 1.165) is 32.5 Å². The number of likely N-dealkylation sites (N-methyl/N-ethyl adjacent to an activating group) is 1. The van der Waals surface area contributed by atoms with Crippen molar-refractivity contribution >= 4 is 12.0 Å². The molecular formula is C12H21N3O3. The Balaban J connectivity index is 1.99. The van der Waals surface area contributed by atoms with Gasteiger partial charge in [0.05, 0.1) is 0 Å². The smallest absolute Gasteiger partial charge is 0.326 e. The molecule has 2 rings (SSSR count). The maximum Gasteiger partial charge on any atom is 0.326 e. The van der Waals surface area contributed by atoms with Crippen molar-refractivity contribution in [3.05, 3.63) is 0 Å². The molecule has 18 heavy (non-hydrogen) atoms. The summed E-state index contributed by atoms with van der Waals surface area (Å²) in [6.45, 7) is 3.84. The zero-order chi connectivity index (χ0) is 13.1. The number of carboxylic acid groups (broad SMARTS) is 1. The van der Waals surface area contributed by atoms with E-state index in [0.29, 0.717) is 19.5 Å². The van der Waals surface area contributed by atoms with Crippen LogP contribution in [0.4, 0.5) is 4.79 Å². The first-order valence-electron chi connectivity index (χ1n) is 6.56. The third-order valence-corrected chi connectivity index (χ3v) is 3.77. The summed E-state index contributed by atoms with van der Waals surface area (Å²) in [4.78, 5) is 29.0. The van der Waals surface area contributed by atoms with Crippen LogP contribution in [-0.2, 0) is 4.79 Å². The maximum absolute atomic E-state index is 12.3. The highest BCUT2D eigenvalue weighted by atomic mass is 16.4. The highest BCUT2D eigenvalue weighted by Crippen LogP contribution is 2.19. The SMILES string of the molecule is CN1CCCN(C(=O)N2CCC[C@@H]2C(=O)O)CC1. The summed E-state index contributed by atoms with van der Waals surface area (Å²) >= 11 is 0. The van der Waals surface area contributed by atoms with Crippen LogP contribution in [0.5, 0.6) is 0 Å². The Bertz CT molecular complexity index is 335. The van der Waals surface area contributed by atoms with Crippen molar-refractivity contribution in [2.24, 2.45) is 0 Å². The van der Waals surface area contributed by atoms with Gasteiger partial charge in [0, 0.05) is 26.2 Å². The molecule has 2 fully saturated rings. The average Bonchev–Trinajstić information content (AvgIpc) is 2.72. The van der Waals surface area contributed by atoms with Gasteiger partial charge in [0.2, 0.25) is 0 Å². The van der Waals surface area contributed by atoms with Crippen molar-refractivity contribution in [3.63, 3.8) is 0 Å². The van der Waals surface area contributed by atoms with Crippen LogP contribution < -0.4 is 0 Å². The number of carbonyl (C=O) groups excluding carboxylic acids is 1. The summed E-state index contributed by atoms with van der Waals surface area (Å²) in [5, 5.41) is 9.11. The number of rotatable bonds is 1. The quantitative estimate of drug-likeness (QED) is 0.731. The largest absolute Gasteiger partial charge is 0.480 e. The van der Waals surface area contributed by atoms with Gasteiger partial charge in [-0.15, -0.1) is 0 Å². The second kappa shape index (κ2) is 5.56. The van der Waals surface area contributed by atoms with Gasteiger partial charge in [0.15, 0.2) is 0 Å². The number of hydrogen-bond acceptors (Lipinski definition) is 3. The van der Waals surface area contributed by atoms with Crippen LogP contribution in [0.2, 0.25) is 0 Å². The monoisotopic (exact) mass is 255 g/mol. The number of hydrogen-bond donors (Lipinski definition) is 1. The highest BCUT2D eigenvalue weighted by Gasteiger charge is 2.36. The number of nitrogens with zero attached hydrogens (tertiary/aromatic N) is 3. The minimum absolute atomic E-state index is 0.102. The fraction of sp³-hybridized carbons (Fsp3) is 0.833. The van der Waals surface area contributed by atoms with Crippen molar-refractivity contribution in [2.75, 3.05) is 39.8 Å². The standard InChI is InChI=1S/C12H21N3O3/c1-13-5-3-6-14(9-8-13)12(18)15-7-2-4-10(15)11(16)17/h10H,2-9H2,1H3,(H,16,17)/t10-/m1/s1. The van der Waals surface area contributed by atoms with E-state index < -0.39 is 12.0 Å². The van der Waals surface area contributed by atoms with E-state index in [9.17, 15) is 9.59 Å². The Labute approximate surface area is 107 Å². The Morgan fingerprint density at radius 1 is 1.06 bits per heavy atom. The van der Waals surface area contributed by atoms with Crippen molar-refractivity contribution in [3.8, 4) is 0 Å². The molecule has 1 N–H and O–H groups in total. The topological polar surface area (TPSA) is 64.1 Å². The minimum Gasteiger partial charge on any atom is -0.480 e. The van der Waals surface area contributed by atoms with Crippen LogP contribution in [0.15, 0.2) is 0 Å². The lowest BCUT2D eigenvalue weighted by molar-refractivity contribution is -0.141. The van der Waals surface area contributed by atoms with Crippen molar-refractivity contribution in [1.29, 1.82) is 0 Å². The Morgan fingerprint density at radius 2 is 1.83 bits per heavy atom. The minimum atomic E-state index is -0.882. The second-order valence-electron chi connectivity index (χ2n) is 5.12. The van der Waals surface area contributed by atoms with Gasteiger partial charge in [-0.05, 0) is 32.9 Å². The Morgan fingerprint density at radius 3 is 2.56 bits per heavy atom. The van der Waals surface area contributed by atoms with Gasteiger partial charge in [-0.2, -0.15) is 0 Å². The molecule has 2 aliphatic heterocycles. The van der Waals surface area contributed by atoms with Crippen LogP contribution in [0.1, 0.15) is 19.3 Å². The Hall–Kier alpha value is -1.30. The molecule has 0 unspecified atom stereocenters. The molecule has 0 saturated carbocycles. The number of likely N-dealkylation sites (tertiary alicyclic amines) is 1. The summed E-state index contributed by atoms with van der Waals surface area (Å²) in [6.07, 6.45) is 2.32. The summed E-state index contributed by atoms with van der Waals surface area (Å²) in [7, 11) is 2.05. The lowest BCUT2D eigenvalue weighted by atomic mass is 10.2. The summed E-state index contributed by atoms with van der Waals surface area (Å²) in [5.74, 6) is -0.882. The molecule has 0 aromatic rings. The zero-order valence-corrected chi connectivity index (χ0v) is 10.8. The van der Waals surface area contributed by atoms with Gasteiger partial charge in [0.25, 0.3) is 0 Å². The first-order valence-corrected chi connectivity index (χ1v) is 6.56. The highest BCUT2D eigenvalue weighted by molar-refractivity contribution is 5.83. The second-order valence-corrected chi connectivity index (χ2v) is 5.12. The molecule has 2 amide bonds. The summed E-state index contributed by atoms with van der Waals surface area (Å²) in [6, 6.07) is -0.728. The van der Waals surface area contributed by atoms with Crippen LogP contribution in [0.3, 0.4) is 0 Å². The van der Waals surface area contributed by atoms with E-state index in [-0.39, 0.29) is 6.03 Å². The van der Waals surface area contributed by atoms with Crippen LogP contribution in [-0.4, -0.2) is 77.6 Å². The van der Waals surface area contributed by atoms with E-state index in [1.807, 2.05) is 7.05 Å². The molecule has 0 aromatic heterocycles. The molecule has 102 valence electrons. The average molecular weight is 255 g/mol. The fourth-order valence-electron chi connectivity index (χ4n) is 2.67. The van der Waals surface area contributed by atoms with Crippen molar-refractivity contribution < 1.29 is 14.7 Å². The first kappa shape index (κ1) is 13.1. The van der Waals surface area contributed by atoms with Gasteiger partial charge >= 0.3 is 12.0 Å². The molecule has 6 heteroatoms. The van der Waals surface area contributed by atoms with Crippen LogP contribution >= 0.6 is 0 Å². The van der Waals surface area contributed by atoms with Gasteiger partial charge in [-0.25, -0.2) is 9.59 Å². The van der Waals surface area contributed by atoms with Gasteiger partial charge < -0.3 is 19.8 Å². The van der Waals surface area contributed by atoms with E-state index in [4.69, 9.17) is 5.11 Å². The lowest BCUT2D eigenvalue weighted by Crippen LogP contribution is -2.48. The van der Waals surface area contributed by atoms with Crippen LogP contribution in [0, 0.1) is 0 Å². The number of carboxylic acids is 1. The fourth-order valence-corrected chi connectivity index (χ4v) is 2.67. The first-order chi connectivity index (χ1) is 8.59. The number of carbonyl (C=O) groups is 2. The van der Waals surface area contributed by atoms with Crippen molar-refractivity contribution in [2.45, 2.75) is 25.3 Å².